The second-order valence-corrected chi connectivity index (χ2v) is 3.77. The minimum atomic E-state index is -0.596. The van der Waals surface area contributed by atoms with Crippen molar-refractivity contribution in [1.29, 1.82) is 0 Å². The third-order valence-corrected chi connectivity index (χ3v) is 2.52. The lowest BCUT2D eigenvalue weighted by molar-refractivity contribution is 0.431. The number of guanidine groups is 1. The molecule has 0 aliphatic carbocycles. The Balaban J connectivity index is 0.00000144. The van der Waals surface area contributed by atoms with Gasteiger partial charge in [-0.15, -0.1) is 24.0 Å². The molecule has 0 bridgehead atoms. The van der Waals surface area contributed by atoms with Crippen LogP contribution in [0, 0.1) is 5.82 Å². The Hall–Kier alpha value is -1.05. The Morgan fingerprint density at radius 1 is 1.53 bits per heavy atom. The predicted molar refractivity (Wildman–Crippen MR) is 75.3 cm³/mol. The van der Waals surface area contributed by atoms with E-state index in [1.807, 2.05) is 11.9 Å². The van der Waals surface area contributed by atoms with Crippen LogP contribution in [0.15, 0.2) is 23.2 Å². The summed E-state index contributed by atoms with van der Waals surface area (Å²) in [5.41, 5.74) is 0.776. The normalized spacial score (nSPS) is 14.2. The highest BCUT2D eigenvalue weighted by molar-refractivity contribution is 14.0. The van der Waals surface area contributed by atoms with Gasteiger partial charge in [0.1, 0.15) is 0 Å². The van der Waals surface area contributed by atoms with E-state index in [1.54, 1.807) is 6.07 Å². The zero-order valence-electron chi connectivity index (χ0n) is 9.48. The molecule has 6 heteroatoms. The van der Waals surface area contributed by atoms with Gasteiger partial charge in [-0.2, -0.15) is 0 Å². The number of nitrogens with one attached hydrogen (secondary N) is 1. The highest BCUT2D eigenvalue weighted by Crippen LogP contribution is 2.15. The summed E-state index contributed by atoms with van der Waals surface area (Å²) in [6.45, 7) is 2.20. The summed E-state index contributed by atoms with van der Waals surface area (Å²) in [6.07, 6.45) is 0. The minimum absolute atomic E-state index is 0. The average molecular weight is 351 g/mol. The van der Waals surface area contributed by atoms with Crippen LogP contribution in [0.2, 0.25) is 0 Å². The minimum Gasteiger partial charge on any atom is -0.505 e. The van der Waals surface area contributed by atoms with Gasteiger partial charge in [0.2, 0.25) is 0 Å². The fraction of sp³-hybridized carbons (Fsp3) is 0.364. The van der Waals surface area contributed by atoms with Crippen LogP contribution >= 0.6 is 24.0 Å². The van der Waals surface area contributed by atoms with Gasteiger partial charge in [-0.25, -0.2) is 4.39 Å². The molecule has 0 amide bonds. The Morgan fingerprint density at radius 2 is 2.29 bits per heavy atom. The van der Waals surface area contributed by atoms with Crippen molar-refractivity contribution in [3.63, 3.8) is 0 Å². The number of benzene rings is 1. The molecule has 0 radical (unpaired) electrons. The molecule has 0 saturated heterocycles. The van der Waals surface area contributed by atoms with Gasteiger partial charge < -0.3 is 15.3 Å². The number of aliphatic imine (C=N–C) groups is 1. The van der Waals surface area contributed by atoms with Gasteiger partial charge in [-0.05, 0) is 17.7 Å². The van der Waals surface area contributed by atoms with Crippen LogP contribution in [0.3, 0.4) is 0 Å². The van der Waals surface area contributed by atoms with Crippen molar-refractivity contribution in [3.05, 3.63) is 29.6 Å². The predicted octanol–water partition coefficient (Wildman–Crippen LogP) is 1.54. The van der Waals surface area contributed by atoms with Crippen molar-refractivity contribution in [2.24, 2.45) is 4.99 Å². The average Bonchev–Trinajstić information content (AvgIpc) is 2.66. The van der Waals surface area contributed by atoms with E-state index in [9.17, 15) is 4.39 Å². The van der Waals surface area contributed by atoms with Crippen LogP contribution in [-0.2, 0) is 6.54 Å². The van der Waals surface area contributed by atoms with E-state index in [4.69, 9.17) is 5.11 Å². The number of likely N-dealkylation sites (N-methyl/N-ethyl adjacent to an activating group) is 1. The van der Waals surface area contributed by atoms with Crippen molar-refractivity contribution < 1.29 is 9.50 Å². The standard InChI is InChI=1S/C11H14FN3O.HI/c1-15-5-4-13-11(15)14-7-8-2-3-10(16)9(12)6-8;/h2-3,6,16H,4-5,7H2,1H3,(H,13,14);1H. The van der Waals surface area contributed by atoms with E-state index < -0.39 is 5.82 Å². The van der Waals surface area contributed by atoms with E-state index in [0.717, 1.165) is 24.6 Å². The number of halogens is 2. The summed E-state index contributed by atoms with van der Waals surface area (Å²) >= 11 is 0. The van der Waals surface area contributed by atoms with Crippen LogP contribution in [0.4, 0.5) is 4.39 Å². The second kappa shape index (κ2) is 6.04. The quantitative estimate of drug-likeness (QED) is 0.795. The molecule has 0 fully saturated rings. The summed E-state index contributed by atoms with van der Waals surface area (Å²) < 4.78 is 13.0. The number of phenolic OH excluding ortho intramolecular Hbond substituents is 1. The van der Waals surface area contributed by atoms with Gasteiger partial charge in [0.25, 0.3) is 0 Å². The van der Waals surface area contributed by atoms with Crippen molar-refractivity contribution in [1.82, 2.24) is 10.2 Å². The topological polar surface area (TPSA) is 47.9 Å². The van der Waals surface area contributed by atoms with E-state index in [2.05, 4.69) is 10.3 Å². The first-order valence-corrected chi connectivity index (χ1v) is 5.13. The Labute approximate surface area is 117 Å². The molecule has 1 aromatic rings. The van der Waals surface area contributed by atoms with Gasteiger partial charge in [-0.1, -0.05) is 6.07 Å². The molecule has 1 aliphatic heterocycles. The maximum Gasteiger partial charge on any atom is 0.194 e. The molecule has 1 aliphatic rings. The van der Waals surface area contributed by atoms with Crippen LogP contribution < -0.4 is 5.32 Å². The van der Waals surface area contributed by atoms with Crippen molar-refractivity contribution >= 4 is 29.9 Å². The Kier molecular flexibility index (Phi) is 4.98. The van der Waals surface area contributed by atoms with Crippen molar-refractivity contribution in [3.8, 4) is 5.75 Å². The fourth-order valence-electron chi connectivity index (χ4n) is 1.56. The summed E-state index contributed by atoms with van der Waals surface area (Å²) in [5.74, 6) is -0.0893. The molecule has 0 spiro atoms. The first kappa shape index (κ1) is 14.0. The summed E-state index contributed by atoms with van der Waals surface area (Å²) in [7, 11) is 1.95. The molecule has 0 aromatic heterocycles. The molecule has 0 saturated carbocycles. The first-order valence-electron chi connectivity index (χ1n) is 5.13. The second-order valence-electron chi connectivity index (χ2n) is 3.77. The molecular weight excluding hydrogens is 336 g/mol. The lowest BCUT2D eigenvalue weighted by atomic mass is 10.2. The van der Waals surface area contributed by atoms with E-state index in [-0.39, 0.29) is 29.7 Å². The smallest absolute Gasteiger partial charge is 0.194 e. The molecule has 4 nitrogen and oxygen atoms in total. The molecule has 0 unspecified atom stereocenters. The Morgan fingerprint density at radius 3 is 2.88 bits per heavy atom. The molecular formula is C11H15FIN3O. The van der Waals surface area contributed by atoms with Crippen LogP contribution in [0.25, 0.3) is 0 Å². The Bertz CT molecular complexity index is 425. The van der Waals surface area contributed by atoms with Gasteiger partial charge in [-0.3, -0.25) is 4.99 Å². The third kappa shape index (κ3) is 3.45. The van der Waals surface area contributed by atoms with Crippen molar-refractivity contribution in [2.75, 3.05) is 20.1 Å². The van der Waals surface area contributed by atoms with Crippen LogP contribution in [0.5, 0.6) is 5.75 Å². The number of hydrogen-bond acceptors (Lipinski definition) is 4. The molecule has 2 N–H and O–H groups in total. The van der Waals surface area contributed by atoms with Gasteiger partial charge in [0.05, 0.1) is 6.54 Å². The molecule has 2 rings (SSSR count). The van der Waals surface area contributed by atoms with E-state index >= 15 is 0 Å². The van der Waals surface area contributed by atoms with Crippen LogP contribution in [-0.4, -0.2) is 36.1 Å². The molecule has 1 aromatic carbocycles. The highest BCUT2D eigenvalue weighted by atomic mass is 127. The maximum absolute atomic E-state index is 13.0. The third-order valence-electron chi connectivity index (χ3n) is 2.52. The zero-order chi connectivity index (χ0) is 11.5. The number of aromatic hydroxyl groups is 1. The summed E-state index contributed by atoms with van der Waals surface area (Å²) in [5, 5.41) is 12.2. The summed E-state index contributed by atoms with van der Waals surface area (Å²) in [6, 6.07) is 4.35. The van der Waals surface area contributed by atoms with Crippen LogP contribution in [0.1, 0.15) is 5.56 Å². The highest BCUT2D eigenvalue weighted by Gasteiger charge is 2.11. The van der Waals surface area contributed by atoms with E-state index in [1.165, 1.54) is 12.1 Å². The first-order chi connectivity index (χ1) is 7.66. The number of nitrogens with zero attached hydrogens (tertiary/aromatic N) is 2. The number of rotatable bonds is 2. The molecule has 17 heavy (non-hydrogen) atoms. The lowest BCUT2D eigenvalue weighted by Crippen LogP contribution is -2.35. The van der Waals surface area contributed by atoms with Gasteiger partial charge in [0.15, 0.2) is 17.5 Å². The van der Waals surface area contributed by atoms with Gasteiger partial charge >= 0.3 is 0 Å². The SMILES string of the molecule is CN1CCN=C1NCc1ccc(O)c(F)c1.I. The zero-order valence-corrected chi connectivity index (χ0v) is 11.8. The summed E-state index contributed by atoms with van der Waals surface area (Å²) in [4.78, 5) is 6.27. The molecule has 1 heterocycles. The molecule has 94 valence electrons. The fourth-order valence-corrected chi connectivity index (χ4v) is 1.56. The molecule has 0 atom stereocenters. The lowest BCUT2D eigenvalue weighted by Gasteiger charge is -2.15. The van der Waals surface area contributed by atoms with E-state index in [0.29, 0.717) is 6.54 Å². The number of phenols is 1. The van der Waals surface area contributed by atoms with Gasteiger partial charge in [0, 0.05) is 20.1 Å². The monoisotopic (exact) mass is 351 g/mol. The number of hydrogen-bond donors (Lipinski definition) is 2. The largest absolute Gasteiger partial charge is 0.505 e. The maximum atomic E-state index is 13.0. The van der Waals surface area contributed by atoms with Crippen molar-refractivity contribution in [2.45, 2.75) is 6.54 Å².